The first-order chi connectivity index (χ1) is 11.5. The Kier molecular flexibility index (Phi) is 6.08. The molecule has 0 spiro atoms. The monoisotopic (exact) mass is 370 g/mol. The van der Waals surface area contributed by atoms with Crippen LogP contribution in [0.4, 0.5) is 0 Å². The molecule has 11 heteroatoms. The first-order valence-electron chi connectivity index (χ1n) is 7.85. The normalized spacial score (nSPS) is 54.5. The predicted molar refractivity (Wildman–Crippen MR) is 77.9 cm³/mol. The van der Waals surface area contributed by atoms with Crippen LogP contribution in [0.1, 0.15) is 13.8 Å². The molecule has 2 aliphatic heterocycles. The molecular weight excluding hydrogens is 344 g/mol. The average molecular weight is 370 g/mol. The van der Waals surface area contributed by atoms with Gasteiger partial charge in [0.05, 0.1) is 13.2 Å². The number of aliphatic hydroxyl groups is 8. The molecule has 0 aliphatic carbocycles. The lowest BCUT2D eigenvalue weighted by molar-refractivity contribution is -0.426. The van der Waals surface area contributed by atoms with E-state index in [1.165, 1.54) is 6.92 Å². The highest BCUT2D eigenvalue weighted by atomic mass is 16.8. The molecule has 2 rings (SSSR count). The summed E-state index contributed by atoms with van der Waals surface area (Å²) in [7, 11) is 0. The number of ether oxygens (including phenoxy) is 3. The van der Waals surface area contributed by atoms with E-state index in [1.54, 1.807) is 0 Å². The van der Waals surface area contributed by atoms with Gasteiger partial charge in [-0.2, -0.15) is 0 Å². The minimum absolute atomic E-state index is 0.679. The molecule has 0 aromatic rings. The van der Waals surface area contributed by atoms with Crippen molar-refractivity contribution >= 4 is 0 Å². The van der Waals surface area contributed by atoms with Gasteiger partial charge in [0.1, 0.15) is 48.3 Å². The summed E-state index contributed by atoms with van der Waals surface area (Å²) in [5, 5.41) is 78.6. The maximum atomic E-state index is 10.3. The van der Waals surface area contributed by atoms with Crippen molar-refractivity contribution in [2.24, 2.45) is 0 Å². The van der Waals surface area contributed by atoms with Crippen LogP contribution in [0.2, 0.25) is 0 Å². The van der Waals surface area contributed by atoms with Crippen molar-refractivity contribution in [1.29, 1.82) is 0 Å². The molecule has 0 radical (unpaired) electrons. The fourth-order valence-corrected chi connectivity index (χ4v) is 2.98. The van der Waals surface area contributed by atoms with Gasteiger partial charge in [0.25, 0.3) is 0 Å². The van der Waals surface area contributed by atoms with E-state index in [0.717, 1.165) is 6.92 Å². The van der Waals surface area contributed by atoms with Crippen molar-refractivity contribution in [2.75, 3.05) is 13.2 Å². The van der Waals surface area contributed by atoms with Gasteiger partial charge in [-0.25, -0.2) is 0 Å². The van der Waals surface area contributed by atoms with Crippen LogP contribution < -0.4 is 0 Å². The molecule has 2 fully saturated rings. The van der Waals surface area contributed by atoms with E-state index in [4.69, 9.17) is 14.2 Å². The standard InChI is InChI=1S/C14H26O11/c1-13(22)6(4-16)24-14(2,11(21)10(13)20)25-12-9(19)8(18)7(17)5(3-15)23-12/h5-12,15-22H,3-4H2,1-2H3/t5-,6-,7-,8+,9-,10-,11-,12+,13+,14-/m1/s1. The van der Waals surface area contributed by atoms with E-state index in [1.807, 2.05) is 0 Å². The molecule has 2 heterocycles. The molecule has 0 aromatic heterocycles. The van der Waals surface area contributed by atoms with Crippen LogP contribution in [0.15, 0.2) is 0 Å². The Morgan fingerprint density at radius 2 is 1.48 bits per heavy atom. The van der Waals surface area contributed by atoms with E-state index in [-0.39, 0.29) is 0 Å². The third kappa shape index (κ3) is 3.55. The summed E-state index contributed by atoms with van der Waals surface area (Å²) in [4.78, 5) is 0. The Labute approximate surface area is 143 Å². The summed E-state index contributed by atoms with van der Waals surface area (Å²) in [6, 6.07) is 0. The summed E-state index contributed by atoms with van der Waals surface area (Å²) in [6.45, 7) is 0.960. The largest absolute Gasteiger partial charge is 0.394 e. The molecule has 2 aliphatic rings. The van der Waals surface area contributed by atoms with Gasteiger partial charge >= 0.3 is 0 Å². The molecule has 2 saturated heterocycles. The number of hydrogen-bond acceptors (Lipinski definition) is 11. The molecule has 0 saturated carbocycles. The maximum Gasteiger partial charge on any atom is 0.197 e. The Morgan fingerprint density at radius 3 is 2.00 bits per heavy atom. The zero-order chi connectivity index (χ0) is 19.2. The summed E-state index contributed by atoms with van der Waals surface area (Å²) >= 11 is 0. The highest BCUT2D eigenvalue weighted by molar-refractivity contribution is 5.03. The lowest BCUT2D eigenvalue weighted by Crippen LogP contribution is -2.71. The van der Waals surface area contributed by atoms with Gasteiger partial charge in [0.15, 0.2) is 12.1 Å². The maximum absolute atomic E-state index is 10.3. The Hall–Kier alpha value is -0.440. The topological polar surface area (TPSA) is 190 Å². The first kappa shape index (κ1) is 20.9. The molecule has 0 aromatic carbocycles. The smallest absolute Gasteiger partial charge is 0.197 e. The predicted octanol–water partition coefficient (Wildman–Crippen LogP) is -4.62. The number of aliphatic hydroxyl groups excluding tert-OH is 7. The first-order valence-corrected chi connectivity index (χ1v) is 7.85. The molecule has 25 heavy (non-hydrogen) atoms. The third-order valence-electron chi connectivity index (χ3n) is 4.83. The van der Waals surface area contributed by atoms with Crippen LogP contribution in [0.5, 0.6) is 0 Å². The highest BCUT2D eigenvalue weighted by Crippen LogP contribution is 2.38. The van der Waals surface area contributed by atoms with Crippen LogP contribution in [0.3, 0.4) is 0 Å². The van der Waals surface area contributed by atoms with E-state index in [2.05, 4.69) is 0 Å². The molecule has 10 atom stereocenters. The minimum atomic E-state index is -2.04. The molecule has 8 N–H and O–H groups in total. The number of rotatable bonds is 4. The van der Waals surface area contributed by atoms with Gasteiger partial charge < -0.3 is 55.1 Å². The van der Waals surface area contributed by atoms with Gasteiger partial charge in [0.2, 0.25) is 0 Å². The second-order valence-corrected chi connectivity index (χ2v) is 6.74. The molecule has 0 unspecified atom stereocenters. The van der Waals surface area contributed by atoms with Crippen molar-refractivity contribution in [1.82, 2.24) is 0 Å². The molecule has 11 nitrogen and oxygen atoms in total. The van der Waals surface area contributed by atoms with Gasteiger partial charge in [-0.1, -0.05) is 0 Å². The van der Waals surface area contributed by atoms with Crippen LogP contribution in [-0.2, 0) is 14.2 Å². The van der Waals surface area contributed by atoms with Gasteiger partial charge in [0, 0.05) is 0 Å². The molecule has 148 valence electrons. The third-order valence-corrected chi connectivity index (χ3v) is 4.83. The van der Waals surface area contributed by atoms with Crippen LogP contribution in [-0.4, -0.2) is 114 Å². The summed E-state index contributed by atoms with van der Waals surface area (Å²) in [6.07, 6.45) is -12.8. The van der Waals surface area contributed by atoms with Crippen LogP contribution in [0, 0.1) is 0 Å². The number of hydrogen-bond donors (Lipinski definition) is 8. The summed E-state index contributed by atoms with van der Waals surface area (Å²) in [5.74, 6) is -2.04. The SMILES string of the molecule is C[C@]1(O[C@@H]2O[C@H](CO)[C@@H](O)[C@H](O)[C@H]2O)O[C@H](CO)[C@](C)(O)[C@H](O)[C@H]1O. The molecule has 0 bridgehead atoms. The lowest BCUT2D eigenvalue weighted by atomic mass is 9.83. The highest BCUT2D eigenvalue weighted by Gasteiger charge is 2.59. The van der Waals surface area contributed by atoms with Crippen molar-refractivity contribution in [3.63, 3.8) is 0 Å². The zero-order valence-corrected chi connectivity index (χ0v) is 13.8. The minimum Gasteiger partial charge on any atom is -0.394 e. The Bertz CT molecular complexity index is 454. The van der Waals surface area contributed by atoms with Crippen LogP contribution in [0.25, 0.3) is 0 Å². The summed E-state index contributed by atoms with van der Waals surface area (Å²) < 4.78 is 15.9. The second-order valence-electron chi connectivity index (χ2n) is 6.74. The quantitative estimate of drug-likeness (QED) is 0.238. The van der Waals surface area contributed by atoms with Crippen molar-refractivity contribution in [2.45, 2.75) is 74.3 Å². The van der Waals surface area contributed by atoms with E-state index in [9.17, 15) is 40.9 Å². The molecule has 0 amide bonds. The summed E-state index contributed by atoms with van der Waals surface area (Å²) in [5.41, 5.74) is -1.98. The average Bonchev–Trinajstić information content (AvgIpc) is 2.57. The van der Waals surface area contributed by atoms with Gasteiger partial charge in [-0.15, -0.1) is 0 Å². The van der Waals surface area contributed by atoms with Gasteiger partial charge in [-0.3, -0.25) is 0 Å². The Balaban J connectivity index is 2.22. The van der Waals surface area contributed by atoms with Crippen molar-refractivity contribution in [3.05, 3.63) is 0 Å². The van der Waals surface area contributed by atoms with E-state index >= 15 is 0 Å². The molecular formula is C14H26O11. The van der Waals surface area contributed by atoms with Crippen molar-refractivity contribution < 1.29 is 55.1 Å². The van der Waals surface area contributed by atoms with Crippen molar-refractivity contribution in [3.8, 4) is 0 Å². The lowest BCUT2D eigenvalue weighted by Gasteiger charge is -2.52. The fourth-order valence-electron chi connectivity index (χ4n) is 2.98. The van der Waals surface area contributed by atoms with Crippen LogP contribution >= 0.6 is 0 Å². The van der Waals surface area contributed by atoms with Gasteiger partial charge in [-0.05, 0) is 13.8 Å². The zero-order valence-electron chi connectivity index (χ0n) is 13.8. The Morgan fingerprint density at radius 1 is 0.880 bits per heavy atom. The van der Waals surface area contributed by atoms with E-state index < -0.39 is 73.6 Å². The fraction of sp³-hybridized carbons (Fsp3) is 1.00. The van der Waals surface area contributed by atoms with E-state index in [0.29, 0.717) is 0 Å². The second kappa shape index (κ2) is 7.29.